The number of hydrogen-bond donors (Lipinski definition) is 0. The highest BCUT2D eigenvalue weighted by atomic mass is 16.5. The van der Waals surface area contributed by atoms with E-state index in [0.717, 1.165) is 39.0 Å². The van der Waals surface area contributed by atoms with E-state index in [4.69, 9.17) is 4.74 Å². The molecule has 2 bridgehead atoms. The summed E-state index contributed by atoms with van der Waals surface area (Å²) in [5.74, 6) is 0.809. The van der Waals surface area contributed by atoms with Gasteiger partial charge in [0.2, 0.25) is 5.91 Å². The van der Waals surface area contributed by atoms with Gasteiger partial charge in [0, 0.05) is 32.3 Å². The average Bonchev–Trinajstić information content (AvgIpc) is 2.91. The Morgan fingerprint density at radius 2 is 2.00 bits per heavy atom. The van der Waals surface area contributed by atoms with Crippen molar-refractivity contribution >= 4 is 5.91 Å². The first kappa shape index (κ1) is 17.4. The molecule has 0 spiro atoms. The fraction of sp³-hybridized carbons (Fsp3) is 0.650. The van der Waals surface area contributed by atoms with Crippen LogP contribution in [0.1, 0.15) is 31.7 Å². The molecule has 24 heavy (non-hydrogen) atoms. The Labute approximate surface area is 145 Å². The van der Waals surface area contributed by atoms with Gasteiger partial charge in [-0.05, 0) is 50.6 Å². The maximum Gasteiger partial charge on any atom is 0.248 e. The predicted octanol–water partition coefficient (Wildman–Crippen LogP) is 2.58. The number of carbonyl (C=O) groups is 1. The SMILES string of the molecule is CCOCC(=O)N1C[C@@H]2CC[C@H]1CN(CCCc1ccccc1)C2. The minimum atomic E-state index is 0.178. The van der Waals surface area contributed by atoms with Crippen LogP contribution in [0, 0.1) is 5.92 Å². The van der Waals surface area contributed by atoms with E-state index in [1.807, 2.05) is 6.92 Å². The zero-order valence-corrected chi connectivity index (χ0v) is 14.8. The summed E-state index contributed by atoms with van der Waals surface area (Å²) < 4.78 is 5.33. The molecule has 3 saturated heterocycles. The highest BCUT2D eigenvalue weighted by molar-refractivity contribution is 5.78. The van der Waals surface area contributed by atoms with Crippen molar-refractivity contribution in [3.05, 3.63) is 35.9 Å². The Morgan fingerprint density at radius 3 is 2.79 bits per heavy atom. The predicted molar refractivity (Wildman–Crippen MR) is 95.9 cm³/mol. The number of hydrogen-bond acceptors (Lipinski definition) is 3. The van der Waals surface area contributed by atoms with E-state index in [1.54, 1.807) is 0 Å². The van der Waals surface area contributed by atoms with Crippen LogP contribution < -0.4 is 0 Å². The van der Waals surface area contributed by atoms with E-state index in [1.165, 1.54) is 18.4 Å². The van der Waals surface area contributed by atoms with Gasteiger partial charge in [0.1, 0.15) is 6.61 Å². The van der Waals surface area contributed by atoms with E-state index in [0.29, 0.717) is 18.6 Å². The van der Waals surface area contributed by atoms with Crippen LogP contribution >= 0.6 is 0 Å². The summed E-state index contributed by atoms with van der Waals surface area (Å²) in [5.41, 5.74) is 1.42. The van der Waals surface area contributed by atoms with Gasteiger partial charge in [0.15, 0.2) is 0 Å². The third kappa shape index (κ3) is 4.58. The average molecular weight is 330 g/mol. The molecule has 3 fully saturated rings. The van der Waals surface area contributed by atoms with E-state index < -0.39 is 0 Å². The van der Waals surface area contributed by atoms with Crippen molar-refractivity contribution in [2.75, 3.05) is 39.4 Å². The Morgan fingerprint density at radius 1 is 1.17 bits per heavy atom. The molecule has 2 atom stereocenters. The van der Waals surface area contributed by atoms with Crippen LogP contribution in [0.15, 0.2) is 30.3 Å². The van der Waals surface area contributed by atoms with Gasteiger partial charge in [-0.25, -0.2) is 0 Å². The molecule has 3 heterocycles. The minimum Gasteiger partial charge on any atom is -0.372 e. The second-order valence-corrected chi connectivity index (χ2v) is 7.13. The second-order valence-electron chi connectivity index (χ2n) is 7.13. The Bertz CT molecular complexity index is 520. The summed E-state index contributed by atoms with van der Waals surface area (Å²) in [6.45, 7) is 7.03. The molecule has 0 radical (unpaired) electrons. The summed E-state index contributed by atoms with van der Waals surface area (Å²) in [7, 11) is 0. The lowest BCUT2D eigenvalue weighted by Crippen LogP contribution is -2.48. The molecule has 4 heteroatoms. The minimum absolute atomic E-state index is 0.178. The van der Waals surface area contributed by atoms with Crippen LogP contribution in [0.5, 0.6) is 0 Å². The number of amides is 1. The fourth-order valence-corrected chi connectivity index (χ4v) is 4.09. The van der Waals surface area contributed by atoms with Crippen molar-refractivity contribution in [2.45, 2.75) is 38.6 Å². The Kier molecular flexibility index (Phi) is 6.27. The molecule has 1 amide bonds. The van der Waals surface area contributed by atoms with Crippen LogP contribution in [-0.2, 0) is 16.0 Å². The Hall–Kier alpha value is -1.39. The Balaban J connectivity index is 1.50. The molecular formula is C20H30N2O2. The van der Waals surface area contributed by atoms with Crippen LogP contribution in [0.4, 0.5) is 0 Å². The molecule has 0 N–H and O–H groups in total. The largest absolute Gasteiger partial charge is 0.372 e. The molecule has 3 aliphatic heterocycles. The molecule has 4 nitrogen and oxygen atoms in total. The maximum atomic E-state index is 12.4. The maximum absolute atomic E-state index is 12.4. The summed E-state index contributed by atoms with van der Waals surface area (Å²) in [6.07, 6.45) is 4.74. The molecule has 0 aliphatic carbocycles. The highest BCUT2D eigenvalue weighted by Gasteiger charge is 2.36. The molecule has 0 saturated carbocycles. The first-order valence-electron chi connectivity index (χ1n) is 9.39. The quantitative estimate of drug-likeness (QED) is 0.770. The summed E-state index contributed by atoms with van der Waals surface area (Å²) >= 11 is 0. The van der Waals surface area contributed by atoms with Crippen LogP contribution in [-0.4, -0.2) is 61.1 Å². The van der Waals surface area contributed by atoms with Gasteiger partial charge < -0.3 is 14.5 Å². The number of benzene rings is 1. The number of nitrogens with zero attached hydrogens (tertiary/aromatic N) is 2. The number of piperidine rings is 1. The molecule has 3 aliphatic rings. The van der Waals surface area contributed by atoms with Crippen molar-refractivity contribution in [1.82, 2.24) is 9.80 Å². The molecule has 4 rings (SSSR count). The van der Waals surface area contributed by atoms with Gasteiger partial charge in [0.25, 0.3) is 0 Å². The van der Waals surface area contributed by atoms with Crippen LogP contribution in [0.25, 0.3) is 0 Å². The lowest BCUT2D eigenvalue weighted by atomic mass is 9.95. The van der Waals surface area contributed by atoms with Gasteiger partial charge in [-0.15, -0.1) is 0 Å². The third-order valence-corrected chi connectivity index (χ3v) is 5.32. The highest BCUT2D eigenvalue weighted by Crippen LogP contribution is 2.28. The smallest absolute Gasteiger partial charge is 0.248 e. The molecule has 0 unspecified atom stereocenters. The lowest BCUT2D eigenvalue weighted by Gasteiger charge is -2.36. The monoisotopic (exact) mass is 330 g/mol. The molecule has 1 aromatic rings. The molecule has 1 aromatic carbocycles. The van der Waals surface area contributed by atoms with E-state index in [2.05, 4.69) is 40.1 Å². The van der Waals surface area contributed by atoms with Crippen LogP contribution in [0.2, 0.25) is 0 Å². The summed E-state index contributed by atoms with van der Waals surface area (Å²) in [4.78, 5) is 17.1. The van der Waals surface area contributed by atoms with Gasteiger partial charge in [-0.2, -0.15) is 0 Å². The van der Waals surface area contributed by atoms with Crippen molar-refractivity contribution in [3.63, 3.8) is 0 Å². The van der Waals surface area contributed by atoms with E-state index in [9.17, 15) is 4.79 Å². The van der Waals surface area contributed by atoms with Gasteiger partial charge >= 0.3 is 0 Å². The molecule has 132 valence electrons. The van der Waals surface area contributed by atoms with Gasteiger partial charge in [-0.3, -0.25) is 4.79 Å². The van der Waals surface area contributed by atoms with Crippen molar-refractivity contribution < 1.29 is 9.53 Å². The zero-order chi connectivity index (χ0) is 16.8. The molecular weight excluding hydrogens is 300 g/mol. The number of carbonyl (C=O) groups excluding carboxylic acids is 1. The van der Waals surface area contributed by atoms with Crippen molar-refractivity contribution in [3.8, 4) is 0 Å². The third-order valence-electron chi connectivity index (χ3n) is 5.32. The molecule has 0 aromatic heterocycles. The standard InChI is InChI=1S/C20H30N2O2/c1-2-24-16-20(23)22-14-18-10-11-19(22)15-21(13-18)12-6-9-17-7-4-3-5-8-17/h3-5,7-8,18-19H,2,6,9-16H2,1H3/t18-,19+/m1/s1. The number of aryl methyl sites for hydroxylation is 1. The zero-order valence-electron chi connectivity index (χ0n) is 14.8. The van der Waals surface area contributed by atoms with Crippen LogP contribution in [0.3, 0.4) is 0 Å². The first-order valence-corrected chi connectivity index (χ1v) is 9.39. The number of ether oxygens (including phenoxy) is 1. The van der Waals surface area contributed by atoms with E-state index >= 15 is 0 Å². The number of rotatable bonds is 7. The van der Waals surface area contributed by atoms with Gasteiger partial charge in [0.05, 0.1) is 0 Å². The summed E-state index contributed by atoms with van der Waals surface area (Å²) in [5, 5.41) is 0. The fourth-order valence-electron chi connectivity index (χ4n) is 4.09. The van der Waals surface area contributed by atoms with Gasteiger partial charge in [-0.1, -0.05) is 30.3 Å². The van der Waals surface area contributed by atoms with E-state index in [-0.39, 0.29) is 12.5 Å². The topological polar surface area (TPSA) is 32.8 Å². The lowest BCUT2D eigenvalue weighted by molar-refractivity contribution is -0.140. The van der Waals surface area contributed by atoms with Crippen molar-refractivity contribution in [2.24, 2.45) is 5.92 Å². The first-order chi connectivity index (χ1) is 11.8. The second kappa shape index (κ2) is 8.63. The number of fused-ring (bicyclic) bond motifs is 4. The summed E-state index contributed by atoms with van der Waals surface area (Å²) in [6, 6.07) is 11.1. The van der Waals surface area contributed by atoms with Crippen molar-refractivity contribution in [1.29, 1.82) is 0 Å². The normalized spacial score (nSPS) is 24.1.